The minimum Gasteiger partial charge on any atom is -0.314 e. The summed E-state index contributed by atoms with van der Waals surface area (Å²) in [5.74, 6) is 1.58. The molecule has 0 spiro atoms. The van der Waals surface area contributed by atoms with Crippen molar-refractivity contribution in [2.24, 2.45) is 0 Å². The van der Waals surface area contributed by atoms with Crippen LogP contribution in [0.2, 0.25) is 0 Å². The second-order valence-corrected chi connectivity index (χ2v) is 6.61. The third-order valence-corrected chi connectivity index (χ3v) is 5.08. The van der Waals surface area contributed by atoms with E-state index in [-0.39, 0.29) is 4.90 Å². The van der Waals surface area contributed by atoms with Crippen LogP contribution in [0.3, 0.4) is 0 Å². The Kier molecular flexibility index (Phi) is 3.09. The fourth-order valence-electron chi connectivity index (χ4n) is 2.45. The molecular weight excluding hydrogens is 280 g/mol. The van der Waals surface area contributed by atoms with Crippen LogP contribution in [0.1, 0.15) is 36.7 Å². The molecule has 0 saturated carbocycles. The van der Waals surface area contributed by atoms with E-state index in [0.29, 0.717) is 11.5 Å². The van der Waals surface area contributed by atoms with Gasteiger partial charge in [-0.15, -0.1) is 10.2 Å². The van der Waals surface area contributed by atoms with Crippen LogP contribution in [0.15, 0.2) is 11.1 Å². The minimum absolute atomic E-state index is 0.158. The van der Waals surface area contributed by atoms with E-state index in [2.05, 4.69) is 25.1 Å². The first-order valence-corrected chi connectivity index (χ1v) is 7.91. The molecule has 3 heterocycles. The molecule has 20 heavy (non-hydrogen) atoms. The Balaban J connectivity index is 1.86. The summed E-state index contributed by atoms with van der Waals surface area (Å²) in [6, 6.07) is -0.436. The van der Waals surface area contributed by atoms with Gasteiger partial charge in [0.2, 0.25) is 10.0 Å². The quantitative estimate of drug-likeness (QED) is 0.844. The summed E-state index contributed by atoms with van der Waals surface area (Å²) in [5, 5.41) is 14.5. The van der Waals surface area contributed by atoms with Gasteiger partial charge in [-0.25, -0.2) is 13.1 Å². The van der Waals surface area contributed by atoms with Crippen molar-refractivity contribution >= 4 is 10.0 Å². The van der Waals surface area contributed by atoms with Crippen molar-refractivity contribution < 1.29 is 8.42 Å². The first-order chi connectivity index (χ1) is 9.49. The maximum atomic E-state index is 12.3. The lowest BCUT2D eigenvalue weighted by Crippen LogP contribution is -2.29. The molecule has 1 aliphatic rings. The normalized spacial score (nSPS) is 16.3. The number of aryl methyl sites for hydroxylation is 2. The van der Waals surface area contributed by atoms with Gasteiger partial charge >= 0.3 is 0 Å². The number of aromatic amines is 1. The fourth-order valence-corrected chi connectivity index (χ4v) is 3.79. The van der Waals surface area contributed by atoms with Crippen LogP contribution in [0.5, 0.6) is 0 Å². The fraction of sp³-hybridized carbons (Fsp3) is 0.545. The van der Waals surface area contributed by atoms with Gasteiger partial charge in [-0.1, -0.05) is 0 Å². The predicted molar refractivity (Wildman–Crippen MR) is 70.4 cm³/mol. The van der Waals surface area contributed by atoms with Gasteiger partial charge in [-0.3, -0.25) is 5.10 Å². The van der Waals surface area contributed by atoms with E-state index in [9.17, 15) is 8.42 Å². The van der Waals surface area contributed by atoms with Crippen molar-refractivity contribution in [3.05, 3.63) is 23.5 Å². The maximum Gasteiger partial charge on any atom is 0.244 e. The van der Waals surface area contributed by atoms with Gasteiger partial charge in [-0.2, -0.15) is 5.10 Å². The largest absolute Gasteiger partial charge is 0.314 e. The van der Waals surface area contributed by atoms with E-state index in [0.717, 1.165) is 25.2 Å². The summed E-state index contributed by atoms with van der Waals surface area (Å²) in [4.78, 5) is 0.158. The molecule has 1 aliphatic heterocycles. The molecule has 3 rings (SSSR count). The molecule has 1 atom stereocenters. The van der Waals surface area contributed by atoms with Crippen LogP contribution in [0.4, 0.5) is 0 Å². The lowest BCUT2D eigenvalue weighted by molar-refractivity contribution is 0.546. The second kappa shape index (κ2) is 4.67. The molecule has 0 fully saturated rings. The Hall–Kier alpha value is -1.74. The maximum absolute atomic E-state index is 12.3. The first kappa shape index (κ1) is 13.3. The first-order valence-electron chi connectivity index (χ1n) is 6.43. The summed E-state index contributed by atoms with van der Waals surface area (Å²) in [5.41, 5.74) is 0.510. The van der Waals surface area contributed by atoms with Gasteiger partial charge in [0, 0.05) is 13.0 Å². The highest BCUT2D eigenvalue weighted by molar-refractivity contribution is 7.89. The molecule has 0 amide bonds. The second-order valence-electron chi connectivity index (χ2n) is 4.93. The summed E-state index contributed by atoms with van der Waals surface area (Å²) < 4.78 is 29.2. The molecule has 1 unspecified atom stereocenters. The van der Waals surface area contributed by atoms with Crippen molar-refractivity contribution in [3.8, 4) is 0 Å². The third kappa shape index (κ3) is 2.12. The van der Waals surface area contributed by atoms with Gasteiger partial charge < -0.3 is 4.57 Å². The number of nitrogens with one attached hydrogen (secondary N) is 2. The molecule has 108 valence electrons. The van der Waals surface area contributed by atoms with E-state index in [1.165, 1.54) is 6.20 Å². The van der Waals surface area contributed by atoms with Crippen molar-refractivity contribution in [1.29, 1.82) is 0 Å². The number of hydrogen-bond acceptors (Lipinski definition) is 5. The standard InChI is InChI=1S/C11H16N6O2S/c1-7-9(6-12-13-7)20(18,19)16-8(2)11-15-14-10-4-3-5-17(10)11/h6,8,16H,3-5H2,1-2H3,(H,12,13). The Labute approximate surface area is 116 Å². The Morgan fingerprint density at radius 3 is 2.95 bits per heavy atom. The average Bonchev–Trinajstić information content (AvgIpc) is 3.01. The van der Waals surface area contributed by atoms with Crippen LogP contribution in [0, 0.1) is 6.92 Å². The van der Waals surface area contributed by atoms with Gasteiger partial charge in [-0.05, 0) is 20.3 Å². The summed E-state index contributed by atoms with van der Waals surface area (Å²) in [7, 11) is -3.62. The molecule has 8 nitrogen and oxygen atoms in total. The Morgan fingerprint density at radius 2 is 2.25 bits per heavy atom. The van der Waals surface area contributed by atoms with Crippen molar-refractivity contribution in [2.75, 3.05) is 0 Å². The summed E-state index contributed by atoms with van der Waals surface area (Å²) >= 11 is 0. The van der Waals surface area contributed by atoms with E-state index in [1.807, 2.05) is 4.57 Å². The van der Waals surface area contributed by atoms with Crippen LogP contribution in [0.25, 0.3) is 0 Å². The summed E-state index contributed by atoms with van der Waals surface area (Å²) in [6.07, 6.45) is 3.23. The molecule has 0 radical (unpaired) electrons. The molecule has 0 aromatic carbocycles. The average molecular weight is 296 g/mol. The number of fused-ring (bicyclic) bond motifs is 1. The zero-order valence-corrected chi connectivity index (χ0v) is 12.1. The van der Waals surface area contributed by atoms with Crippen molar-refractivity contribution in [3.63, 3.8) is 0 Å². The number of aromatic nitrogens is 5. The van der Waals surface area contributed by atoms with Crippen LogP contribution in [-0.2, 0) is 23.0 Å². The molecule has 2 aromatic rings. The number of nitrogens with zero attached hydrogens (tertiary/aromatic N) is 4. The van der Waals surface area contributed by atoms with Gasteiger partial charge in [0.1, 0.15) is 10.7 Å². The number of hydrogen-bond donors (Lipinski definition) is 2. The van der Waals surface area contributed by atoms with Gasteiger partial charge in [0.15, 0.2) is 5.82 Å². The number of rotatable bonds is 4. The molecule has 0 saturated heterocycles. The van der Waals surface area contributed by atoms with E-state index in [1.54, 1.807) is 13.8 Å². The summed E-state index contributed by atoms with van der Waals surface area (Å²) in [6.45, 7) is 4.28. The predicted octanol–water partition coefficient (Wildman–Crippen LogP) is 0.295. The van der Waals surface area contributed by atoms with E-state index in [4.69, 9.17) is 0 Å². The number of H-pyrrole nitrogens is 1. The Morgan fingerprint density at radius 1 is 1.45 bits per heavy atom. The zero-order chi connectivity index (χ0) is 14.3. The van der Waals surface area contributed by atoms with Crippen molar-refractivity contribution in [1.82, 2.24) is 29.7 Å². The molecule has 9 heteroatoms. The lowest BCUT2D eigenvalue weighted by atomic mass is 10.3. The monoisotopic (exact) mass is 296 g/mol. The zero-order valence-electron chi connectivity index (χ0n) is 11.3. The lowest BCUT2D eigenvalue weighted by Gasteiger charge is -2.13. The van der Waals surface area contributed by atoms with Crippen molar-refractivity contribution in [2.45, 2.75) is 44.2 Å². The van der Waals surface area contributed by atoms with Gasteiger partial charge in [0.05, 0.1) is 17.9 Å². The van der Waals surface area contributed by atoms with E-state index >= 15 is 0 Å². The highest BCUT2D eigenvalue weighted by atomic mass is 32.2. The van der Waals surface area contributed by atoms with Crippen LogP contribution < -0.4 is 4.72 Å². The molecule has 0 aliphatic carbocycles. The highest BCUT2D eigenvalue weighted by Crippen LogP contribution is 2.21. The highest BCUT2D eigenvalue weighted by Gasteiger charge is 2.26. The van der Waals surface area contributed by atoms with E-state index < -0.39 is 16.1 Å². The Bertz CT molecular complexity index is 732. The van der Waals surface area contributed by atoms with Gasteiger partial charge in [0.25, 0.3) is 0 Å². The van der Waals surface area contributed by atoms with Crippen LogP contribution >= 0.6 is 0 Å². The number of sulfonamides is 1. The molecule has 2 N–H and O–H groups in total. The molecular formula is C11H16N6O2S. The SMILES string of the molecule is Cc1[nH]ncc1S(=O)(=O)NC(C)c1nnc2n1CCC2. The topological polar surface area (TPSA) is 106 Å². The molecule has 2 aromatic heterocycles. The minimum atomic E-state index is -3.62. The third-order valence-electron chi connectivity index (χ3n) is 3.43. The van der Waals surface area contributed by atoms with Crippen LogP contribution in [-0.4, -0.2) is 33.4 Å². The smallest absolute Gasteiger partial charge is 0.244 e. The molecule has 0 bridgehead atoms.